The van der Waals surface area contributed by atoms with Gasteiger partial charge in [-0.25, -0.2) is 0 Å². The Balaban J connectivity index is 0.000000257. The van der Waals surface area contributed by atoms with Gasteiger partial charge in [0.25, 0.3) is 0 Å². The van der Waals surface area contributed by atoms with Gasteiger partial charge in [0.2, 0.25) is 0 Å². The van der Waals surface area contributed by atoms with Gasteiger partial charge in [-0.05, 0) is 51.4 Å². The van der Waals surface area contributed by atoms with Crippen molar-refractivity contribution in [3.05, 3.63) is 0 Å². The predicted octanol–water partition coefficient (Wildman–Crippen LogP) is 6.06. The Morgan fingerprint density at radius 2 is 1.32 bits per heavy atom. The number of piperazine rings is 1. The van der Waals surface area contributed by atoms with Crippen LogP contribution in [0, 0.1) is 17.8 Å². The van der Waals surface area contributed by atoms with E-state index in [9.17, 15) is 0 Å². The molecule has 2 fully saturated rings. The van der Waals surface area contributed by atoms with Crippen LogP contribution in [0.2, 0.25) is 0 Å². The summed E-state index contributed by atoms with van der Waals surface area (Å²) in [6.45, 7) is 21.4. The normalized spacial score (nSPS) is 27.2. The molecule has 0 bridgehead atoms. The molecule has 0 spiro atoms. The van der Waals surface area contributed by atoms with Gasteiger partial charge >= 0.3 is 0 Å². The van der Waals surface area contributed by atoms with Gasteiger partial charge in [0.05, 0.1) is 0 Å². The van der Waals surface area contributed by atoms with Crippen molar-refractivity contribution in [1.29, 1.82) is 0 Å². The lowest BCUT2D eigenvalue weighted by Gasteiger charge is -2.39. The molecule has 1 atom stereocenters. The van der Waals surface area contributed by atoms with Crippen molar-refractivity contribution < 1.29 is 0 Å². The number of nitrogens with zero attached hydrogens (tertiary/aromatic N) is 2. The molecular formula is C23H48N2. The van der Waals surface area contributed by atoms with E-state index in [2.05, 4.69) is 58.3 Å². The van der Waals surface area contributed by atoms with Crippen molar-refractivity contribution in [2.75, 3.05) is 26.2 Å². The van der Waals surface area contributed by atoms with Crippen LogP contribution in [0.4, 0.5) is 0 Å². The highest BCUT2D eigenvalue weighted by molar-refractivity contribution is 4.77. The largest absolute Gasteiger partial charge is 0.298 e. The summed E-state index contributed by atoms with van der Waals surface area (Å²) in [4.78, 5) is 5.22. The number of hydrogen-bond acceptors (Lipinski definition) is 2. The van der Waals surface area contributed by atoms with Gasteiger partial charge in [0.15, 0.2) is 0 Å². The Morgan fingerprint density at radius 1 is 0.800 bits per heavy atom. The molecule has 2 heteroatoms. The monoisotopic (exact) mass is 352 g/mol. The fraction of sp³-hybridized carbons (Fsp3) is 1.00. The van der Waals surface area contributed by atoms with Gasteiger partial charge in [-0.2, -0.15) is 0 Å². The molecule has 0 N–H and O–H groups in total. The lowest BCUT2D eigenvalue weighted by molar-refractivity contribution is 0.0805. The zero-order valence-electron chi connectivity index (χ0n) is 18.6. The lowest BCUT2D eigenvalue weighted by Crippen LogP contribution is -2.51. The smallest absolute Gasteiger partial charge is 0.0113 e. The van der Waals surface area contributed by atoms with Crippen LogP contribution in [0.15, 0.2) is 0 Å². The molecule has 0 aromatic heterocycles. The zero-order valence-corrected chi connectivity index (χ0v) is 18.6. The average molecular weight is 353 g/mol. The van der Waals surface area contributed by atoms with Crippen LogP contribution in [0.3, 0.4) is 0 Å². The van der Waals surface area contributed by atoms with Gasteiger partial charge < -0.3 is 0 Å². The third kappa shape index (κ3) is 9.43. The molecule has 2 rings (SSSR count). The minimum absolute atomic E-state index is 0.721. The first-order valence-electron chi connectivity index (χ1n) is 11.3. The van der Waals surface area contributed by atoms with Crippen LogP contribution in [0.1, 0.15) is 93.4 Å². The molecule has 2 nitrogen and oxygen atoms in total. The fourth-order valence-electron chi connectivity index (χ4n) is 4.53. The maximum absolute atomic E-state index is 2.64. The zero-order chi connectivity index (χ0) is 18.8. The lowest BCUT2D eigenvalue weighted by atomic mass is 9.79. The second-order valence-electron chi connectivity index (χ2n) is 9.56. The van der Waals surface area contributed by atoms with Crippen molar-refractivity contribution in [2.45, 2.75) is 105 Å². The summed E-state index contributed by atoms with van der Waals surface area (Å²) >= 11 is 0. The molecule has 1 saturated heterocycles. The van der Waals surface area contributed by atoms with Gasteiger partial charge in [-0.15, -0.1) is 0 Å². The summed E-state index contributed by atoms with van der Waals surface area (Å²) in [5.74, 6) is 2.98. The molecular weight excluding hydrogens is 304 g/mol. The van der Waals surface area contributed by atoms with E-state index in [4.69, 9.17) is 0 Å². The molecule has 0 radical (unpaired) electrons. The summed E-state index contributed by atoms with van der Waals surface area (Å²) in [7, 11) is 0. The van der Waals surface area contributed by atoms with Gasteiger partial charge in [-0.3, -0.25) is 9.80 Å². The Bertz CT molecular complexity index is 310. The summed E-state index contributed by atoms with van der Waals surface area (Å²) < 4.78 is 0. The molecule has 1 saturated carbocycles. The highest BCUT2D eigenvalue weighted by atomic mass is 15.3. The molecule has 25 heavy (non-hydrogen) atoms. The first kappa shape index (κ1) is 23.0. The Morgan fingerprint density at radius 3 is 1.76 bits per heavy atom. The minimum atomic E-state index is 0.721. The summed E-state index contributed by atoms with van der Waals surface area (Å²) in [6.07, 6.45) is 10.1. The van der Waals surface area contributed by atoms with Crippen molar-refractivity contribution in [3.63, 3.8) is 0 Å². The summed E-state index contributed by atoms with van der Waals surface area (Å²) in [6, 6.07) is 1.51. The van der Waals surface area contributed by atoms with Crippen LogP contribution >= 0.6 is 0 Å². The number of hydrogen-bond donors (Lipinski definition) is 0. The molecule has 0 amide bonds. The van der Waals surface area contributed by atoms with Gasteiger partial charge in [0.1, 0.15) is 0 Å². The van der Waals surface area contributed by atoms with Crippen LogP contribution in [-0.2, 0) is 0 Å². The van der Waals surface area contributed by atoms with Crippen LogP contribution in [0.5, 0.6) is 0 Å². The van der Waals surface area contributed by atoms with Crippen LogP contribution < -0.4 is 0 Å². The fourth-order valence-corrected chi connectivity index (χ4v) is 4.53. The van der Waals surface area contributed by atoms with Crippen molar-refractivity contribution in [2.24, 2.45) is 17.8 Å². The van der Waals surface area contributed by atoms with E-state index >= 15 is 0 Å². The molecule has 2 aliphatic rings. The van der Waals surface area contributed by atoms with Crippen molar-refractivity contribution in [3.8, 4) is 0 Å². The topological polar surface area (TPSA) is 6.48 Å². The van der Waals surface area contributed by atoms with Crippen LogP contribution in [0.25, 0.3) is 0 Å². The first-order chi connectivity index (χ1) is 11.8. The van der Waals surface area contributed by atoms with E-state index in [0.717, 1.165) is 29.8 Å². The van der Waals surface area contributed by atoms with E-state index in [-0.39, 0.29) is 0 Å². The first-order valence-corrected chi connectivity index (χ1v) is 11.3. The SMILES string of the molecule is CC(C)CC1CCC(C)CC1.CCCC(C)N1CCN(C(C)C)CC1. The number of rotatable bonds is 6. The van der Waals surface area contributed by atoms with Crippen LogP contribution in [-0.4, -0.2) is 48.1 Å². The minimum Gasteiger partial charge on any atom is -0.298 e. The molecule has 1 aliphatic carbocycles. The van der Waals surface area contributed by atoms with E-state index < -0.39 is 0 Å². The maximum Gasteiger partial charge on any atom is 0.0113 e. The van der Waals surface area contributed by atoms with E-state index in [0.29, 0.717) is 0 Å². The second-order valence-corrected chi connectivity index (χ2v) is 9.56. The third-order valence-electron chi connectivity index (χ3n) is 6.35. The van der Waals surface area contributed by atoms with Gasteiger partial charge in [-0.1, -0.05) is 59.8 Å². The van der Waals surface area contributed by atoms with E-state index in [1.165, 1.54) is 71.1 Å². The average Bonchev–Trinajstić information content (AvgIpc) is 2.57. The molecule has 150 valence electrons. The third-order valence-corrected chi connectivity index (χ3v) is 6.35. The molecule has 0 aromatic carbocycles. The van der Waals surface area contributed by atoms with Crippen molar-refractivity contribution in [1.82, 2.24) is 9.80 Å². The van der Waals surface area contributed by atoms with Crippen molar-refractivity contribution >= 4 is 0 Å². The quantitative estimate of drug-likeness (QED) is 0.573. The highest BCUT2D eigenvalue weighted by Crippen LogP contribution is 2.32. The van der Waals surface area contributed by atoms with E-state index in [1.807, 2.05) is 0 Å². The Labute approximate surface area is 159 Å². The van der Waals surface area contributed by atoms with E-state index in [1.54, 1.807) is 0 Å². The van der Waals surface area contributed by atoms with Gasteiger partial charge in [0, 0.05) is 38.3 Å². The Hall–Kier alpha value is -0.0800. The molecule has 1 heterocycles. The molecule has 0 aromatic rings. The maximum atomic E-state index is 2.64. The molecule has 1 aliphatic heterocycles. The summed E-state index contributed by atoms with van der Waals surface area (Å²) in [5, 5.41) is 0. The predicted molar refractivity (Wildman–Crippen MR) is 113 cm³/mol. The second kappa shape index (κ2) is 12.3. The Kier molecular flexibility index (Phi) is 11.3. The highest BCUT2D eigenvalue weighted by Gasteiger charge is 2.21. The molecule has 1 unspecified atom stereocenters. The summed E-state index contributed by atoms with van der Waals surface area (Å²) in [5.41, 5.74) is 0. The standard InChI is InChI=1S/C12H26N2.C11H22/c1-5-6-12(4)14-9-7-13(8-10-14)11(2)3;1-9(2)8-11-6-4-10(3)5-7-11/h11-12H,5-10H2,1-4H3;9-11H,4-8H2,1-3H3.